The topological polar surface area (TPSA) is 72.9 Å². The Labute approximate surface area is 80.8 Å². The van der Waals surface area contributed by atoms with Crippen LogP contribution in [0.3, 0.4) is 0 Å². The molecular formula is C8H11NO5. The van der Waals surface area contributed by atoms with E-state index in [-0.39, 0.29) is 26.2 Å². The average Bonchev–Trinajstić information content (AvgIpc) is 2.16. The minimum atomic E-state index is -0.447. The molecule has 1 heterocycles. The molecule has 0 aromatic rings. The SMILES string of the molecule is COC(=O)CCN1C(=O)COCC1=O. The zero-order valence-electron chi connectivity index (χ0n) is 7.82. The number of rotatable bonds is 3. The lowest BCUT2D eigenvalue weighted by atomic mass is 10.3. The highest BCUT2D eigenvalue weighted by Gasteiger charge is 2.26. The summed E-state index contributed by atoms with van der Waals surface area (Å²) in [4.78, 5) is 34.0. The molecule has 0 atom stereocenters. The fourth-order valence-electron chi connectivity index (χ4n) is 1.08. The number of imide groups is 1. The second kappa shape index (κ2) is 4.71. The number of methoxy groups -OCH3 is 1. The standard InChI is InChI=1S/C8H11NO5/c1-13-8(12)2-3-9-6(10)4-14-5-7(9)11/h2-5H2,1H3. The fourth-order valence-corrected chi connectivity index (χ4v) is 1.08. The summed E-state index contributed by atoms with van der Waals surface area (Å²) < 4.78 is 9.09. The van der Waals surface area contributed by atoms with Crippen LogP contribution in [0.1, 0.15) is 6.42 Å². The van der Waals surface area contributed by atoms with E-state index in [4.69, 9.17) is 4.74 Å². The van der Waals surface area contributed by atoms with Gasteiger partial charge in [0.1, 0.15) is 13.2 Å². The van der Waals surface area contributed by atoms with Gasteiger partial charge >= 0.3 is 5.97 Å². The Hall–Kier alpha value is -1.43. The Bertz CT molecular complexity index is 246. The molecule has 0 aliphatic carbocycles. The lowest BCUT2D eigenvalue weighted by Gasteiger charge is -2.24. The van der Waals surface area contributed by atoms with Crippen molar-refractivity contribution in [2.45, 2.75) is 6.42 Å². The minimum absolute atomic E-state index is 0.0218. The van der Waals surface area contributed by atoms with Crippen LogP contribution >= 0.6 is 0 Å². The van der Waals surface area contributed by atoms with Crippen molar-refractivity contribution in [3.8, 4) is 0 Å². The predicted molar refractivity (Wildman–Crippen MR) is 44.2 cm³/mol. The molecule has 0 bridgehead atoms. The lowest BCUT2D eigenvalue weighted by Crippen LogP contribution is -2.46. The number of hydrogen-bond donors (Lipinski definition) is 0. The number of morpholine rings is 1. The molecule has 6 nitrogen and oxygen atoms in total. The number of esters is 1. The molecule has 0 spiro atoms. The summed E-state index contributed by atoms with van der Waals surface area (Å²) in [5.41, 5.74) is 0. The normalized spacial score (nSPS) is 17.1. The van der Waals surface area contributed by atoms with Crippen molar-refractivity contribution in [1.82, 2.24) is 4.90 Å². The molecule has 0 aromatic carbocycles. The first kappa shape index (κ1) is 10.6. The smallest absolute Gasteiger partial charge is 0.307 e. The molecule has 0 unspecified atom stereocenters. The van der Waals surface area contributed by atoms with Crippen molar-refractivity contribution in [3.63, 3.8) is 0 Å². The zero-order valence-corrected chi connectivity index (χ0v) is 7.82. The van der Waals surface area contributed by atoms with Gasteiger partial charge in [0, 0.05) is 6.54 Å². The minimum Gasteiger partial charge on any atom is -0.469 e. The Morgan fingerprint density at radius 2 is 2.00 bits per heavy atom. The molecule has 0 aromatic heterocycles. The van der Waals surface area contributed by atoms with Crippen LogP contribution in [0, 0.1) is 0 Å². The summed E-state index contributed by atoms with van der Waals surface area (Å²) in [6.07, 6.45) is 0.0218. The number of carbonyl (C=O) groups is 3. The maximum atomic E-state index is 11.1. The van der Waals surface area contributed by atoms with Gasteiger partial charge in [-0.2, -0.15) is 0 Å². The third kappa shape index (κ3) is 2.53. The summed E-state index contributed by atoms with van der Waals surface area (Å²) in [6.45, 7) is -0.145. The largest absolute Gasteiger partial charge is 0.469 e. The molecular weight excluding hydrogens is 190 g/mol. The maximum Gasteiger partial charge on any atom is 0.307 e. The van der Waals surface area contributed by atoms with E-state index >= 15 is 0 Å². The average molecular weight is 201 g/mol. The highest BCUT2D eigenvalue weighted by molar-refractivity contribution is 5.98. The van der Waals surface area contributed by atoms with Crippen LogP contribution in [0.4, 0.5) is 0 Å². The van der Waals surface area contributed by atoms with Gasteiger partial charge in [-0.05, 0) is 0 Å². The van der Waals surface area contributed by atoms with E-state index < -0.39 is 17.8 Å². The van der Waals surface area contributed by atoms with Gasteiger partial charge in [-0.3, -0.25) is 19.3 Å². The molecule has 6 heteroatoms. The van der Waals surface area contributed by atoms with E-state index in [1.807, 2.05) is 0 Å². The van der Waals surface area contributed by atoms with Crippen molar-refractivity contribution in [2.75, 3.05) is 26.9 Å². The van der Waals surface area contributed by atoms with Gasteiger partial charge in [0.25, 0.3) is 11.8 Å². The third-order valence-electron chi connectivity index (χ3n) is 1.82. The maximum absolute atomic E-state index is 11.1. The Kier molecular flexibility index (Phi) is 3.58. The molecule has 14 heavy (non-hydrogen) atoms. The number of ether oxygens (including phenoxy) is 2. The van der Waals surface area contributed by atoms with Crippen LogP contribution in [0.5, 0.6) is 0 Å². The molecule has 1 fully saturated rings. The first-order valence-corrected chi connectivity index (χ1v) is 4.13. The molecule has 1 aliphatic rings. The van der Waals surface area contributed by atoms with Crippen molar-refractivity contribution >= 4 is 17.8 Å². The summed E-state index contributed by atoms with van der Waals surface area (Å²) in [5.74, 6) is -1.27. The van der Waals surface area contributed by atoms with Crippen LogP contribution in [-0.2, 0) is 23.9 Å². The zero-order chi connectivity index (χ0) is 10.6. The van der Waals surface area contributed by atoms with E-state index in [1.54, 1.807) is 0 Å². The van der Waals surface area contributed by atoms with Gasteiger partial charge < -0.3 is 9.47 Å². The second-order valence-electron chi connectivity index (χ2n) is 2.76. The molecule has 1 saturated heterocycles. The van der Waals surface area contributed by atoms with Crippen molar-refractivity contribution in [1.29, 1.82) is 0 Å². The highest BCUT2D eigenvalue weighted by Crippen LogP contribution is 2.02. The quantitative estimate of drug-likeness (QED) is 0.429. The van der Waals surface area contributed by atoms with Gasteiger partial charge in [0.15, 0.2) is 0 Å². The summed E-state index contributed by atoms with van der Waals surface area (Å²) >= 11 is 0. The van der Waals surface area contributed by atoms with Crippen molar-refractivity contribution < 1.29 is 23.9 Å². The summed E-state index contributed by atoms with van der Waals surface area (Å²) in [7, 11) is 1.26. The molecule has 0 radical (unpaired) electrons. The third-order valence-corrected chi connectivity index (χ3v) is 1.82. The molecule has 0 saturated carbocycles. The van der Waals surface area contributed by atoms with E-state index in [0.717, 1.165) is 4.90 Å². The summed E-state index contributed by atoms with van der Waals surface area (Å²) in [6, 6.07) is 0. The van der Waals surface area contributed by atoms with Crippen LogP contribution in [0.15, 0.2) is 0 Å². The second-order valence-corrected chi connectivity index (χ2v) is 2.76. The number of hydrogen-bond acceptors (Lipinski definition) is 5. The molecule has 1 aliphatic heterocycles. The van der Waals surface area contributed by atoms with E-state index in [1.165, 1.54) is 7.11 Å². The first-order valence-electron chi connectivity index (χ1n) is 4.13. The van der Waals surface area contributed by atoms with Gasteiger partial charge in [-0.1, -0.05) is 0 Å². The Balaban J connectivity index is 2.44. The van der Waals surface area contributed by atoms with Gasteiger partial charge in [0.05, 0.1) is 13.5 Å². The van der Waals surface area contributed by atoms with Gasteiger partial charge in [0.2, 0.25) is 0 Å². The van der Waals surface area contributed by atoms with E-state index in [0.29, 0.717) is 0 Å². The van der Waals surface area contributed by atoms with Crippen molar-refractivity contribution in [2.24, 2.45) is 0 Å². The highest BCUT2D eigenvalue weighted by atomic mass is 16.5. The molecule has 78 valence electrons. The number of nitrogens with zero attached hydrogens (tertiary/aromatic N) is 1. The van der Waals surface area contributed by atoms with E-state index in [2.05, 4.69) is 4.74 Å². The lowest BCUT2D eigenvalue weighted by molar-refractivity contribution is -0.159. The van der Waals surface area contributed by atoms with Crippen LogP contribution in [0.2, 0.25) is 0 Å². The predicted octanol–water partition coefficient (Wildman–Crippen LogP) is -1.07. The molecule has 0 N–H and O–H groups in total. The summed E-state index contributed by atoms with van der Waals surface area (Å²) in [5, 5.41) is 0. The van der Waals surface area contributed by atoms with Crippen molar-refractivity contribution in [3.05, 3.63) is 0 Å². The monoisotopic (exact) mass is 201 g/mol. The number of amides is 2. The van der Waals surface area contributed by atoms with Crippen LogP contribution in [0.25, 0.3) is 0 Å². The van der Waals surface area contributed by atoms with Crippen LogP contribution < -0.4 is 0 Å². The Morgan fingerprint density at radius 3 is 2.50 bits per heavy atom. The Morgan fingerprint density at radius 1 is 1.43 bits per heavy atom. The van der Waals surface area contributed by atoms with E-state index in [9.17, 15) is 14.4 Å². The van der Waals surface area contributed by atoms with Crippen LogP contribution in [-0.4, -0.2) is 49.6 Å². The van der Waals surface area contributed by atoms with Gasteiger partial charge in [-0.15, -0.1) is 0 Å². The molecule has 1 rings (SSSR count). The fraction of sp³-hybridized carbons (Fsp3) is 0.625. The molecule has 2 amide bonds. The first-order chi connectivity index (χ1) is 6.65. The van der Waals surface area contributed by atoms with Gasteiger partial charge in [-0.25, -0.2) is 0 Å². The number of carbonyl (C=O) groups excluding carboxylic acids is 3.